The first kappa shape index (κ1) is 19.9. The number of sulfonamides is 1. The van der Waals surface area contributed by atoms with E-state index in [9.17, 15) is 13.2 Å². The van der Waals surface area contributed by atoms with Gasteiger partial charge < -0.3 is 5.32 Å². The molecular weight excluding hydrogens is 428 g/mol. The van der Waals surface area contributed by atoms with E-state index in [1.807, 2.05) is 32.0 Å². The number of thioether (sulfide) groups is 1. The smallest absolute Gasteiger partial charge is 0.269 e. The number of anilines is 2. The zero-order valence-electron chi connectivity index (χ0n) is 15.7. The topological polar surface area (TPSA) is 92.3 Å². The number of nitrogens with one attached hydrogen (secondary N) is 1. The lowest BCUT2D eigenvalue weighted by Gasteiger charge is -2.13. The minimum Gasteiger partial charge on any atom is -0.330 e. The summed E-state index contributed by atoms with van der Waals surface area (Å²) in [5.74, 6) is -0.0763. The summed E-state index contributed by atoms with van der Waals surface area (Å²) in [4.78, 5) is 12.5. The number of fused-ring (bicyclic) bond motifs is 1. The molecule has 0 fully saturated rings. The first-order valence-corrected chi connectivity index (χ1v) is 12.1. The van der Waals surface area contributed by atoms with Gasteiger partial charge >= 0.3 is 0 Å². The Kier molecular flexibility index (Phi) is 5.32. The van der Waals surface area contributed by atoms with Crippen LogP contribution in [0.1, 0.15) is 21.5 Å². The third kappa shape index (κ3) is 3.75. The zero-order valence-corrected chi connectivity index (χ0v) is 18.2. The predicted molar refractivity (Wildman–Crippen MR) is 114 cm³/mol. The molecule has 0 radical (unpaired) electrons. The van der Waals surface area contributed by atoms with Gasteiger partial charge in [-0.2, -0.15) is 0 Å². The molecule has 0 saturated carbocycles. The summed E-state index contributed by atoms with van der Waals surface area (Å²) in [6.45, 7) is 4.17. The Morgan fingerprint density at radius 3 is 2.69 bits per heavy atom. The summed E-state index contributed by atoms with van der Waals surface area (Å²) in [5, 5.41) is 12.2. The largest absolute Gasteiger partial charge is 0.330 e. The molecule has 10 heteroatoms. The maximum Gasteiger partial charge on any atom is 0.269 e. The monoisotopic (exact) mass is 446 g/mol. The van der Waals surface area contributed by atoms with E-state index in [0.717, 1.165) is 15.6 Å². The second kappa shape index (κ2) is 7.77. The van der Waals surface area contributed by atoms with Crippen LogP contribution in [0, 0.1) is 13.8 Å². The number of aromatic nitrogens is 2. The fraction of sp³-hybridized carbons (Fsp3) is 0.211. The quantitative estimate of drug-likeness (QED) is 0.575. The molecule has 1 aliphatic heterocycles. The van der Waals surface area contributed by atoms with Gasteiger partial charge in [-0.1, -0.05) is 47.4 Å². The van der Waals surface area contributed by atoms with Gasteiger partial charge in [-0.25, -0.2) is 12.7 Å². The summed E-state index contributed by atoms with van der Waals surface area (Å²) < 4.78 is 26.8. The molecule has 0 atom stereocenters. The van der Waals surface area contributed by atoms with E-state index in [4.69, 9.17) is 0 Å². The molecule has 29 heavy (non-hydrogen) atoms. The Labute approximate surface area is 177 Å². The van der Waals surface area contributed by atoms with Crippen molar-refractivity contribution in [3.05, 3.63) is 59.2 Å². The Hall–Kier alpha value is -2.43. The number of carbonyl (C=O) groups excluding carboxylic acids is 1. The highest BCUT2D eigenvalue weighted by Gasteiger charge is 2.40. The number of aryl methyl sites for hydroxylation is 1. The number of carbonyl (C=O) groups is 1. The average molecular weight is 447 g/mol. The zero-order chi connectivity index (χ0) is 20.6. The van der Waals surface area contributed by atoms with Crippen molar-refractivity contribution < 1.29 is 13.2 Å². The predicted octanol–water partition coefficient (Wildman–Crippen LogP) is 3.84. The standard InChI is InChI=1S/C19H18N4O3S3/c1-12-6-5-8-15(13(12)2)20-18-21-22-19(28-18)27-11-10-23-17(24)14-7-3-4-9-16(14)29(23,25)26/h3-9H,10-11H2,1-2H3,(H,20,21). The van der Waals surface area contributed by atoms with Crippen molar-refractivity contribution in [3.8, 4) is 0 Å². The molecule has 3 aromatic rings. The lowest BCUT2D eigenvalue weighted by atomic mass is 10.1. The van der Waals surface area contributed by atoms with Gasteiger partial charge in [0, 0.05) is 18.0 Å². The van der Waals surface area contributed by atoms with Crippen molar-refractivity contribution in [1.82, 2.24) is 14.5 Å². The third-order valence-corrected chi connectivity index (χ3v) is 8.48. The lowest BCUT2D eigenvalue weighted by Crippen LogP contribution is -2.32. The van der Waals surface area contributed by atoms with Gasteiger partial charge in [0.25, 0.3) is 15.9 Å². The molecule has 1 N–H and O–H groups in total. The highest BCUT2D eigenvalue weighted by atomic mass is 32.2. The SMILES string of the molecule is Cc1cccc(Nc2nnc(SCCN3C(=O)c4ccccc4S3(=O)=O)s2)c1C. The van der Waals surface area contributed by atoms with Gasteiger partial charge in [-0.3, -0.25) is 4.79 Å². The van der Waals surface area contributed by atoms with Crippen molar-refractivity contribution in [2.24, 2.45) is 0 Å². The summed E-state index contributed by atoms with van der Waals surface area (Å²) >= 11 is 2.76. The van der Waals surface area contributed by atoms with E-state index in [1.165, 1.54) is 34.7 Å². The van der Waals surface area contributed by atoms with E-state index in [1.54, 1.807) is 18.2 Å². The van der Waals surface area contributed by atoms with Crippen LogP contribution in [0.15, 0.2) is 51.7 Å². The van der Waals surface area contributed by atoms with E-state index in [0.29, 0.717) is 15.2 Å². The van der Waals surface area contributed by atoms with Crippen LogP contribution in [0.2, 0.25) is 0 Å². The van der Waals surface area contributed by atoms with E-state index in [-0.39, 0.29) is 17.0 Å². The van der Waals surface area contributed by atoms with Crippen molar-refractivity contribution >= 4 is 49.8 Å². The summed E-state index contributed by atoms with van der Waals surface area (Å²) in [7, 11) is -3.77. The van der Waals surface area contributed by atoms with Crippen LogP contribution in [-0.4, -0.2) is 41.1 Å². The molecule has 0 saturated heterocycles. The Balaban J connectivity index is 1.39. The van der Waals surface area contributed by atoms with Crippen LogP contribution in [0.25, 0.3) is 0 Å². The number of hydrogen-bond acceptors (Lipinski definition) is 8. The van der Waals surface area contributed by atoms with Gasteiger partial charge in [-0.05, 0) is 43.2 Å². The first-order chi connectivity index (χ1) is 13.9. The highest BCUT2D eigenvalue weighted by Crippen LogP contribution is 2.32. The summed E-state index contributed by atoms with van der Waals surface area (Å²) in [6.07, 6.45) is 0. The molecule has 1 aliphatic rings. The number of amides is 1. The van der Waals surface area contributed by atoms with E-state index >= 15 is 0 Å². The molecule has 2 heterocycles. The number of nitrogens with zero attached hydrogens (tertiary/aromatic N) is 3. The molecule has 0 unspecified atom stereocenters. The van der Waals surface area contributed by atoms with Gasteiger partial charge in [0.2, 0.25) is 5.13 Å². The van der Waals surface area contributed by atoms with Crippen LogP contribution >= 0.6 is 23.1 Å². The van der Waals surface area contributed by atoms with Gasteiger partial charge in [-0.15, -0.1) is 10.2 Å². The fourth-order valence-electron chi connectivity index (χ4n) is 2.99. The molecular formula is C19H18N4O3S3. The second-order valence-electron chi connectivity index (χ2n) is 6.47. The maximum atomic E-state index is 12.6. The van der Waals surface area contributed by atoms with Crippen molar-refractivity contribution in [2.45, 2.75) is 23.1 Å². The van der Waals surface area contributed by atoms with Gasteiger partial charge in [0.1, 0.15) is 4.90 Å². The van der Waals surface area contributed by atoms with Crippen molar-refractivity contribution in [2.75, 3.05) is 17.6 Å². The number of benzene rings is 2. The minimum atomic E-state index is -3.77. The molecule has 2 aromatic carbocycles. The van der Waals surface area contributed by atoms with Gasteiger partial charge in [0.05, 0.1) is 5.56 Å². The van der Waals surface area contributed by atoms with Crippen LogP contribution in [-0.2, 0) is 10.0 Å². The van der Waals surface area contributed by atoms with Crippen molar-refractivity contribution in [1.29, 1.82) is 0 Å². The Morgan fingerprint density at radius 2 is 1.90 bits per heavy atom. The Bertz CT molecular complexity index is 1190. The molecule has 1 amide bonds. The molecule has 0 bridgehead atoms. The number of rotatable bonds is 6. The minimum absolute atomic E-state index is 0.0749. The summed E-state index contributed by atoms with van der Waals surface area (Å²) in [5.41, 5.74) is 3.54. The fourth-order valence-corrected chi connectivity index (χ4v) is 6.43. The molecule has 4 rings (SSSR count). The molecule has 150 valence electrons. The van der Waals surface area contributed by atoms with Crippen LogP contribution in [0.3, 0.4) is 0 Å². The molecule has 0 aliphatic carbocycles. The Morgan fingerprint density at radius 1 is 1.10 bits per heavy atom. The lowest BCUT2D eigenvalue weighted by molar-refractivity contribution is 0.0876. The summed E-state index contributed by atoms with van der Waals surface area (Å²) in [6, 6.07) is 12.3. The highest BCUT2D eigenvalue weighted by molar-refractivity contribution is 8.01. The van der Waals surface area contributed by atoms with Crippen LogP contribution in [0.5, 0.6) is 0 Å². The molecule has 7 nitrogen and oxygen atoms in total. The molecule has 1 aromatic heterocycles. The normalized spacial score (nSPS) is 14.8. The first-order valence-electron chi connectivity index (χ1n) is 8.83. The third-order valence-electron chi connectivity index (χ3n) is 4.68. The van der Waals surface area contributed by atoms with E-state index < -0.39 is 15.9 Å². The van der Waals surface area contributed by atoms with Crippen molar-refractivity contribution in [3.63, 3.8) is 0 Å². The van der Waals surface area contributed by atoms with Crippen LogP contribution < -0.4 is 5.32 Å². The van der Waals surface area contributed by atoms with Gasteiger partial charge in [0.15, 0.2) is 4.34 Å². The van der Waals surface area contributed by atoms with Crippen LogP contribution in [0.4, 0.5) is 10.8 Å². The average Bonchev–Trinajstić information content (AvgIpc) is 3.22. The maximum absolute atomic E-state index is 12.6. The molecule has 0 spiro atoms. The number of hydrogen-bond donors (Lipinski definition) is 1. The second-order valence-corrected chi connectivity index (χ2v) is 10.6. The van der Waals surface area contributed by atoms with E-state index in [2.05, 4.69) is 15.5 Å².